The Morgan fingerprint density at radius 3 is 2.58 bits per heavy atom. The van der Waals surface area contributed by atoms with Gasteiger partial charge < -0.3 is 18.9 Å². The van der Waals surface area contributed by atoms with Gasteiger partial charge in [-0.25, -0.2) is 0 Å². The van der Waals surface area contributed by atoms with Crippen molar-refractivity contribution in [3.8, 4) is 11.1 Å². The Morgan fingerprint density at radius 2 is 1.88 bits per heavy atom. The standard InChI is InChI=1S/C38H51N5O4S/c1-6-9-18-35-39-33(24-42(21-7-2)37(44)29-14-10-11-15-29)38(45)43(35)23-28-19-20-31(30(22-28)25-46-8-3)32-16-12-13-17-34(32)48-41-36-26(4)27(5)47-40-36/h12-13,16-17,19-20,22,29,33H,6-11,14-15,18,21,23-25H2,1-5H3,(H,40,41). The van der Waals surface area contributed by atoms with Gasteiger partial charge in [-0.1, -0.05) is 74.7 Å². The number of ether oxygens (including phenoxy) is 1. The van der Waals surface area contributed by atoms with E-state index in [1.807, 2.05) is 42.7 Å². The molecule has 5 rings (SSSR count). The molecule has 0 spiro atoms. The summed E-state index contributed by atoms with van der Waals surface area (Å²) in [4.78, 5) is 37.2. The molecule has 1 aromatic heterocycles. The van der Waals surface area contributed by atoms with Crippen LogP contribution in [0.1, 0.15) is 94.6 Å². The fraction of sp³-hybridized carbons (Fsp3) is 0.526. The number of benzene rings is 2. The van der Waals surface area contributed by atoms with E-state index >= 15 is 0 Å². The van der Waals surface area contributed by atoms with E-state index in [0.29, 0.717) is 38.7 Å². The first-order valence-corrected chi connectivity index (χ1v) is 18.5. The second kappa shape index (κ2) is 17.2. The van der Waals surface area contributed by atoms with Gasteiger partial charge in [0.1, 0.15) is 17.6 Å². The van der Waals surface area contributed by atoms with E-state index in [1.165, 1.54) is 11.9 Å². The third-order valence-electron chi connectivity index (χ3n) is 9.39. The van der Waals surface area contributed by atoms with E-state index in [1.54, 1.807) is 0 Å². The molecule has 258 valence electrons. The number of rotatable bonds is 17. The van der Waals surface area contributed by atoms with E-state index in [-0.39, 0.29) is 17.7 Å². The molecule has 0 saturated heterocycles. The molecule has 2 heterocycles. The monoisotopic (exact) mass is 673 g/mol. The van der Waals surface area contributed by atoms with Crippen molar-refractivity contribution in [1.82, 2.24) is 15.0 Å². The summed E-state index contributed by atoms with van der Waals surface area (Å²) in [6.45, 7) is 12.6. The summed E-state index contributed by atoms with van der Waals surface area (Å²) in [6.07, 6.45) is 7.71. The Kier molecular flexibility index (Phi) is 12.7. The first-order chi connectivity index (χ1) is 23.3. The number of nitrogens with zero attached hydrogens (tertiary/aromatic N) is 4. The summed E-state index contributed by atoms with van der Waals surface area (Å²) in [5, 5.41) is 4.15. The van der Waals surface area contributed by atoms with Gasteiger partial charge in [0.25, 0.3) is 5.91 Å². The lowest BCUT2D eigenvalue weighted by molar-refractivity contribution is -0.136. The average Bonchev–Trinajstić information content (AvgIpc) is 3.82. The van der Waals surface area contributed by atoms with E-state index in [0.717, 1.165) is 95.7 Å². The normalized spacial score (nSPS) is 16.5. The highest BCUT2D eigenvalue weighted by molar-refractivity contribution is 8.00. The maximum absolute atomic E-state index is 14.0. The predicted octanol–water partition coefficient (Wildman–Crippen LogP) is 8.34. The number of nitrogens with one attached hydrogen (secondary N) is 1. The van der Waals surface area contributed by atoms with Crippen LogP contribution in [-0.4, -0.2) is 58.3 Å². The van der Waals surface area contributed by atoms with Gasteiger partial charge in [-0.2, -0.15) is 0 Å². The number of amidine groups is 1. The molecule has 1 fully saturated rings. The molecule has 3 aromatic rings. The van der Waals surface area contributed by atoms with E-state index in [9.17, 15) is 9.59 Å². The number of aliphatic imine (C=N–C) groups is 1. The molecule has 1 aliphatic carbocycles. The average molecular weight is 674 g/mol. The Balaban J connectivity index is 1.37. The van der Waals surface area contributed by atoms with Gasteiger partial charge in [0, 0.05) is 35.9 Å². The second-order valence-electron chi connectivity index (χ2n) is 12.9. The Morgan fingerprint density at radius 1 is 1.08 bits per heavy atom. The number of amides is 2. The molecule has 48 heavy (non-hydrogen) atoms. The predicted molar refractivity (Wildman–Crippen MR) is 193 cm³/mol. The number of aromatic nitrogens is 1. The number of hydrogen-bond acceptors (Lipinski definition) is 8. The van der Waals surface area contributed by atoms with Crippen LogP contribution >= 0.6 is 11.9 Å². The molecule has 0 bridgehead atoms. The third-order valence-corrected chi connectivity index (χ3v) is 10.3. The molecule has 2 amide bonds. The molecule has 1 N–H and O–H groups in total. The van der Waals surface area contributed by atoms with Crippen LogP contribution in [0, 0.1) is 19.8 Å². The maximum atomic E-state index is 14.0. The van der Waals surface area contributed by atoms with Gasteiger partial charge in [-0.15, -0.1) is 0 Å². The minimum Gasteiger partial charge on any atom is -0.377 e. The molecule has 10 heteroatoms. The van der Waals surface area contributed by atoms with Gasteiger partial charge >= 0.3 is 0 Å². The summed E-state index contributed by atoms with van der Waals surface area (Å²) in [5.74, 6) is 2.61. The Bertz CT molecular complexity index is 1580. The molecule has 1 aliphatic heterocycles. The lowest BCUT2D eigenvalue weighted by Gasteiger charge is -2.27. The third kappa shape index (κ3) is 8.50. The van der Waals surface area contributed by atoms with Gasteiger partial charge in [-0.05, 0) is 86.7 Å². The zero-order chi connectivity index (χ0) is 34.0. The number of hydrogen-bond donors (Lipinski definition) is 1. The minimum atomic E-state index is -0.551. The van der Waals surface area contributed by atoms with E-state index in [2.05, 4.69) is 54.1 Å². The second-order valence-corrected chi connectivity index (χ2v) is 13.7. The summed E-state index contributed by atoms with van der Waals surface area (Å²) < 4.78 is 14.6. The van der Waals surface area contributed by atoms with Gasteiger partial charge in [0.05, 0.1) is 19.7 Å². The first kappa shape index (κ1) is 35.7. The molecule has 9 nitrogen and oxygen atoms in total. The van der Waals surface area contributed by atoms with E-state index < -0.39 is 6.04 Å². The van der Waals surface area contributed by atoms with Gasteiger partial charge in [0.2, 0.25) is 5.91 Å². The lowest BCUT2D eigenvalue weighted by atomic mass is 9.97. The summed E-state index contributed by atoms with van der Waals surface area (Å²) >= 11 is 1.50. The van der Waals surface area contributed by atoms with Crippen LogP contribution < -0.4 is 4.72 Å². The van der Waals surface area contributed by atoms with Crippen molar-refractivity contribution in [2.24, 2.45) is 10.9 Å². The highest BCUT2D eigenvalue weighted by Gasteiger charge is 2.37. The lowest BCUT2D eigenvalue weighted by Crippen LogP contribution is -2.44. The minimum absolute atomic E-state index is 0.0110. The van der Waals surface area contributed by atoms with E-state index in [4.69, 9.17) is 14.3 Å². The largest absolute Gasteiger partial charge is 0.377 e. The van der Waals surface area contributed by atoms with Crippen LogP contribution in [0.5, 0.6) is 0 Å². The molecular formula is C38H51N5O4S. The zero-order valence-corrected chi connectivity index (χ0v) is 30.0. The van der Waals surface area contributed by atoms with Crippen molar-refractivity contribution in [2.75, 3.05) is 24.4 Å². The van der Waals surface area contributed by atoms with Crippen LogP contribution in [0.4, 0.5) is 5.82 Å². The summed E-state index contributed by atoms with van der Waals surface area (Å²) in [7, 11) is 0. The van der Waals surface area contributed by atoms with Crippen LogP contribution in [0.25, 0.3) is 11.1 Å². The maximum Gasteiger partial charge on any atom is 0.254 e. The van der Waals surface area contributed by atoms with Crippen molar-refractivity contribution < 1.29 is 18.8 Å². The Labute approximate surface area is 290 Å². The SMILES string of the molecule is CCCCC1=NC(CN(CCC)C(=O)C2CCCC2)C(=O)N1Cc1ccc(-c2ccccc2SNc2noc(C)c2C)c(COCC)c1. The number of aryl methyl sites for hydroxylation is 1. The number of carbonyl (C=O) groups is 2. The highest BCUT2D eigenvalue weighted by Crippen LogP contribution is 2.36. The summed E-state index contributed by atoms with van der Waals surface area (Å²) in [6, 6.07) is 14.1. The molecule has 1 saturated carbocycles. The Hall–Kier alpha value is -3.63. The van der Waals surface area contributed by atoms with Crippen LogP contribution in [-0.2, 0) is 27.5 Å². The van der Waals surface area contributed by atoms with Crippen molar-refractivity contribution in [1.29, 1.82) is 0 Å². The van der Waals surface area contributed by atoms with Crippen molar-refractivity contribution >= 4 is 35.4 Å². The van der Waals surface area contributed by atoms with Gasteiger partial charge in [0.15, 0.2) is 5.82 Å². The van der Waals surface area contributed by atoms with Crippen molar-refractivity contribution in [3.63, 3.8) is 0 Å². The smallest absolute Gasteiger partial charge is 0.254 e. The van der Waals surface area contributed by atoms with Crippen LogP contribution in [0.15, 0.2) is 56.9 Å². The number of unbranched alkanes of at least 4 members (excludes halogenated alkanes) is 1. The molecule has 0 radical (unpaired) electrons. The molecule has 1 atom stereocenters. The van der Waals surface area contributed by atoms with Crippen molar-refractivity contribution in [2.45, 2.75) is 110 Å². The molecule has 2 aromatic carbocycles. The summed E-state index contributed by atoms with van der Waals surface area (Å²) in [5.41, 5.74) is 5.23. The fourth-order valence-electron chi connectivity index (χ4n) is 6.55. The zero-order valence-electron chi connectivity index (χ0n) is 29.2. The topological polar surface area (TPSA) is 100 Å². The quantitative estimate of drug-likeness (QED) is 0.144. The molecular weight excluding hydrogens is 623 g/mol. The number of anilines is 1. The molecule has 2 aliphatic rings. The number of carbonyl (C=O) groups excluding carboxylic acids is 2. The van der Waals surface area contributed by atoms with Crippen molar-refractivity contribution in [3.05, 3.63) is 64.9 Å². The first-order valence-electron chi connectivity index (χ1n) is 17.7. The fourth-order valence-corrected chi connectivity index (χ4v) is 7.38. The molecule has 1 unspecified atom stereocenters. The van der Waals surface area contributed by atoms with Gasteiger partial charge in [-0.3, -0.25) is 19.5 Å². The highest BCUT2D eigenvalue weighted by atomic mass is 32.2. The van der Waals surface area contributed by atoms with Crippen LogP contribution in [0.3, 0.4) is 0 Å². The van der Waals surface area contributed by atoms with Crippen LogP contribution in [0.2, 0.25) is 0 Å².